The number of imidazole rings is 1. The molecule has 2 rings (SSSR count). The molecule has 0 saturated heterocycles. The number of hydrogen-bond donors (Lipinski definition) is 1. The minimum Gasteiger partial charge on any atom is -0.323 e. The maximum atomic E-state index is 11.9. The van der Waals surface area contributed by atoms with Crippen molar-refractivity contribution in [2.24, 2.45) is 0 Å². The number of nitrogens with one attached hydrogen (secondary N) is 1. The molecule has 0 aliphatic carbocycles. The summed E-state index contributed by atoms with van der Waals surface area (Å²) in [5.41, 5.74) is 0.762. The summed E-state index contributed by atoms with van der Waals surface area (Å²) < 4.78 is 1.29. The number of benzene rings is 1. The summed E-state index contributed by atoms with van der Waals surface area (Å²) in [5, 5.41) is 2.67. The zero-order valence-electron chi connectivity index (χ0n) is 9.91. The number of ketones is 1. The van der Waals surface area contributed by atoms with Gasteiger partial charge in [0.15, 0.2) is 5.78 Å². The van der Waals surface area contributed by atoms with E-state index in [1.54, 1.807) is 12.1 Å². The van der Waals surface area contributed by atoms with Gasteiger partial charge in [-0.1, -0.05) is 30.3 Å². The highest BCUT2D eigenvalue weighted by molar-refractivity contribution is 5.88. The second-order valence-electron chi connectivity index (χ2n) is 3.87. The van der Waals surface area contributed by atoms with Gasteiger partial charge < -0.3 is 5.32 Å². The van der Waals surface area contributed by atoms with Crippen molar-refractivity contribution in [3.63, 3.8) is 0 Å². The lowest BCUT2D eigenvalue weighted by molar-refractivity contribution is -0.118. The van der Waals surface area contributed by atoms with Crippen LogP contribution in [0.4, 0.5) is 4.79 Å². The Kier molecular flexibility index (Phi) is 3.52. The number of nitrogens with zero attached hydrogens (tertiary/aromatic N) is 2. The molecule has 0 spiro atoms. The van der Waals surface area contributed by atoms with E-state index >= 15 is 0 Å². The maximum Gasteiger partial charge on any atom is 0.327 e. The molecule has 0 aliphatic rings. The van der Waals surface area contributed by atoms with Gasteiger partial charge in [0.2, 0.25) is 0 Å². The van der Waals surface area contributed by atoms with Crippen molar-refractivity contribution in [2.45, 2.75) is 13.0 Å². The minimum atomic E-state index is -0.638. The van der Waals surface area contributed by atoms with Gasteiger partial charge in [-0.2, -0.15) is 0 Å². The van der Waals surface area contributed by atoms with Crippen LogP contribution < -0.4 is 5.32 Å². The fourth-order valence-electron chi connectivity index (χ4n) is 1.64. The highest BCUT2D eigenvalue weighted by Gasteiger charge is 2.19. The zero-order valence-corrected chi connectivity index (χ0v) is 9.91. The average Bonchev–Trinajstić information content (AvgIpc) is 2.90. The Bertz CT molecular complexity index is 535. The number of carbonyl (C=O) groups excluding carboxylic acids is 2. The first-order chi connectivity index (χ1) is 8.68. The first-order valence-electron chi connectivity index (χ1n) is 5.52. The number of hydrogen-bond acceptors (Lipinski definition) is 3. The van der Waals surface area contributed by atoms with E-state index in [4.69, 9.17) is 0 Å². The van der Waals surface area contributed by atoms with E-state index in [0.717, 1.165) is 5.56 Å². The van der Waals surface area contributed by atoms with Crippen LogP contribution in [0, 0.1) is 0 Å². The third kappa shape index (κ3) is 2.63. The Hall–Kier alpha value is -2.43. The number of aromatic nitrogens is 2. The molecule has 0 radical (unpaired) electrons. The smallest absolute Gasteiger partial charge is 0.323 e. The van der Waals surface area contributed by atoms with Crippen LogP contribution in [0.1, 0.15) is 18.5 Å². The third-order valence-corrected chi connectivity index (χ3v) is 2.55. The summed E-state index contributed by atoms with van der Waals surface area (Å²) in [5.74, 6) is -0.116. The van der Waals surface area contributed by atoms with Crippen molar-refractivity contribution in [1.82, 2.24) is 14.9 Å². The minimum absolute atomic E-state index is 0.116. The van der Waals surface area contributed by atoms with Gasteiger partial charge in [0.25, 0.3) is 0 Å². The van der Waals surface area contributed by atoms with Crippen LogP contribution in [0.2, 0.25) is 0 Å². The second kappa shape index (κ2) is 5.27. The number of rotatable bonds is 3. The van der Waals surface area contributed by atoms with E-state index in [9.17, 15) is 9.59 Å². The van der Waals surface area contributed by atoms with Crippen molar-refractivity contribution >= 4 is 11.8 Å². The van der Waals surface area contributed by atoms with Gasteiger partial charge >= 0.3 is 6.03 Å². The van der Waals surface area contributed by atoms with E-state index < -0.39 is 6.04 Å². The summed E-state index contributed by atoms with van der Waals surface area (Å²) in [6.45, 7) is 1.45. The van der Waals surface area contributed by atoms with Crippen molar-refractivity contribution in [3.05, 3.63) is 54.6 Å². The van der Waals surface area contributed by atoms with Gasteiger partial charge in [-0.25, -0.2) is 9.78 Å². The fraction of sp³-hybridized carbons (Fsp3) is 0.154. The topological polar surface area (TPSA) is 64.0 Å². The Morgan fingerprint density at radius 3 is 2.56 bits per heavy atom. The van der Waals surface area contributed by atoms with Crippen molar-refractivity contribution in [1.29, 1.82) is 0 Å². The molecule has 0 aliphatic heterocycles. The van der Waals surface area contributed by atoms with Gasteiger partial charge in [-0.15, -0.1) is 0 Å². The van der Waals surface area contributed by atoms with Crippen LogP contribution in [0.15, 0.2) is 49.1 Å². The second-order valence-corrected chi connectivity index (χ2v) is 3.87. The summed E-state index contributed by atoms with van der Waals surface area (Å²) in [6, 6.07) is 8.11. The van der Waals surface area contributed by atoms with E-state index in [1.165, 1.54) is 30.2 Å². The first-order valence-corrected chi connectivity index (χ1v) is 5.52. The van der Waals surface area contributed by atoms with Gasteiger partial charge in [0.1, 0.15) is 12.4 Å². The number of carbonyl (C=O) groups is 2. The fourth-order valence-corrected chi connectivity index (χ4v) is 1.64. The molecule has 1 aromatic heterocycles. The average molecular weight is 243 g/mol. The molecule has 5 nitrogen and oxygen atoms in total. The maximum absolute atomic E-state index is 11.9. The lowest BCUT2D eigenvalue weighted by atomic mass is 10.0. The summed E-state index contributed by atoms with van der Waals surface area (Å²) in [7, 11) is 0. The number of amides is 1. The van der Waals surface area contributed by atoms with E-state index in [1.807, 2.05) is 18.2 Å². The highest BCUT2D eigenvalue weighted by Crippen LogP contribution is 2.13. The summed E-state index contributed by atoms with van der Waals surface area (Å²) in [6.07, 6.45) is 4.42. The molecule has 1 unspecified atom stereocenters. The van der Waals surface area contributed by atoms with Crippen LogP contribution in [0.5, 0.6) is 0 Å². The molecule has 92 valence electrons. The molecule has 5 heteroatoms. The normalized spacial score (nSPS) is 11.8. The van der Waals surface area contributed by atoms with Crippen LogP contribution in [0.3, 0.4) is 0 Å². The van der Waals surface area contributed by atoms with E-state index in [0.29, 0.717) is 0 Å². The Morgan fingerprint density at radius 2 is 2.00 bits per heavy atom. The molecule has 1 amide bonds. The monoisotopic (exact) mass is 243 g/mol. The summed E-state index contributed by atoms with van der Waals surface area (Å²) in [4.78, 5) is 27.2. The lowest BCUT2D eigenvalue weighted by Gasteiger charge is -2.16. The molecule has 1 heterocycles. The molecule has 0 bridgehead atoms. The highest BCUT2D eigenvalue weighted by atomic mass is 16.2. The van der Waals surface area contributed by atoms with Gasteiger partial charge in [0, 0.05) is 12.4 Å². The predicted octanol–water partition coefficient (Wildman–Crippen LogP) is 1.77. The molecule has 0 fully saturated rings. The molecule has 1 atom stereocenters. The third-order valence-electron chi connectivity index (χ3n) is 2.55. The van der Waals surface area contributed by atoms with Crippen molar-refractivity contribution < 1.29 is 9.59 Å². The Morgan fingerprint density at radius 1 is 1.28 bits per heavy atom. The molecule has 0 saturated carbocycles. The largest absolute Gasteiger partial charge is 0.327 e. The van der Waals surface area contributed by atoms with E-state index in [2.05, 4.69) is 10.3 Å². The predicted molar refractivity (Wildman–Crippen MR) is 66.0 cm³/mol. The van der Waals surface area contributed by atoms with E-state index in [-0.39, 0.29) is 11.8 Å². The number of Topliss-reactive ketones (excluding diaryl/α,β-unsaturated/α-hetero) is 1. The summed E-state index contributed by atoms with van der Waals surface area (Å²) >= 11 is 0. The van der Waals surface area contributed by atoms with Crippen LogP contribution in [-0.4, -0.2) is 21.4 Å². The quantitative estimate of drug-likeness (QED) is 0.893. The molecule has 18 heavy (non-hydrogen) atoms. The van der Waals surface area contributed by atoms with Crippen molar-refractivity contribution in [2.75, 3.05) is 0 Å². The molecule has 1 aromatic carbocycles. The van der Waals surface area contributed by atoms with Gasteiger partial charge in [0.05, 0.1) is 0 Å². The Labute approximate surface area is 104 Å². The van der Waals surface area contributed by atoms with Crippen molar-refractivity contribution in [3.8, 4) is 0 Å². The van der Waals surface area contributed by atoms with Crippen LogP contribution >= 0.6 is 0 Å². The standard InChI is InChI=1S/C13H13N3O2/c1-10(17)12(11-5-3-2-4-6-11)15-13(18)16-8-7-14-9-16/h2-9,12H,1H3,(H,15,18). The SMILES string of the molecule is CC(=O)C(NC(=O)n1ccnc1)c1ccccc1. The zero-order chi connectivity index (χ0) is 13.0. The van der Waals surface area contributed by atoms with Gasteiger partial charge in [-0.3, -0.25) is 9.36 Å². The Balaban J connectivity index is 2.18. The molecule has 2 aromatic rings. The lowest BCUT2D eigenvalue weighted by Crippen LogP contribution is -2.35. The molecular weight excluding hydrogens is 230 g/mol. The van der Waals surface area contributed by atoms with Gasteiger partial charge in [-0.05, 0) is 12.5 Å². The van der Waals surface area contributed by atoms with Crippen LogP contribution in [-0.2, 0) is 4.79 Å². The molecule has 1 N–H and O–H groups in total. The first kappa shape index (κ1) is 12.0. The van der Waals surface area contributed by atoms with Crippen LogP contribution in [0.25, 0.3) is 0 Å². The molecular formula is C13H13N3O2.